The first-order valence-corrected chi connectivity index (χ1v) is 6.05. The predicted octanol–water partition coefficient (Wildman–Crippen LogP) is 2.94. The number of fused-ring (bicyclic) bond motifs is 1. The van der Waals surface area contributed by atoms with Gasteiger partial charge in [0.2, 0.25) is 0 Å². The van der Waals surface area contributed by atoms with E-state index in [-0.39, 0.29) is 0 Å². The molecule has 2 aliphatic rings. The van der Waals surface area contributed by atoms with E-state index in [0.717, 1.165) is 30.9 Å². The van der Waals surface area contributed by atoms with Gasteiger partial charge in [0.1, 0.15) is 0 Å². The second kappa shape index (κ2) is 3.09. The molecule has 3 heteroatoms. The van der Waals surface area contributed by atoms with Crippen molar-refractivity contribution in [1.82, 2.24) is 0 Å². The Kier molecular flexibility index (Phi) is 1.87. The van der Waals surface area contributed by atoms with Crippen molar-refractivity contribution >= 4 is 17.0 Å². The first-order chi connectivity index (χ1) is 6.88. The molecule has 2 aliphatic carbocycles. The van der Waals surface area contributed by atoms with Crippen LogP contribution >= 0.6 is 11.3 Å². The zero-order valence-electron chi connectivity index (χ0n) is 7.99. The zero-order valence-corrected chi connectivity index (χ0v) is 8.81. The predicted molar refractivity (Wildman–Crippen MR) is 57.5 cm³/mol. The van der Waals surface area contributed by atoms with E-state index in [1.165, 1.54) is 23.3 Å². The molecule has 2 nitrogen and oxygen atoms in total. The van der Waals surface area contributed by atoms with Crippen LogP contribution in [0.2, 0.25) is 0 Å². The van der Waals surface area contributed by atoms with E-state index in [4.69, 9.17) is 5.21 Å². The summed E-state index contributed by atoms with van der Waals surface area (Å²) < 4.78 is 0. The van der Waals surface area contributed by atoms with Crippen molar-refractivity contribution in [2.45, 2.75) is 38.0 Å². The molecule has 1 N–H and O–H groups in total. The lowest BCUT2D eigenvalue weighted by atomic mass is 9.93. The van der Waals surface area contributed by atoms with Gasteiger partial charge >= 0.3 is 0 Å². The zero-order chi connectivity index (χ0) is 9.54. The summed E-state index contributed by atoms with van der Waals surface area (Å²) in [6.07, 6.45) is 5.62. The minimum absolute atomic E-state index is 0.827. The number of thiophene rings is 1. The second-order valence-corrected chi connectivity index (χ2v) is 5.17. The lowest BCUT2D eigenvalue weighted by molar-refractivity contribution is 0.316. The molecule has 3 rings (SSSR count). The Morgan fingerprint density at radius 1 is 1.36 bits per heavy atom. The molecule has 0 aromatic carbocycles. The monoisotopic (exact) mass is 207 g/mol. The maximum atomic E-state index is 8.79. The van der Waals surface area contributed by atoms with Crippen LogP contribution in [0.1, 0.15) is 41.2 Å². The van der Waals surface area contributed by atoms with Gasteiger partial charge in [0.25, 0.3) is 0 Å². The third-order valence-corrected chi connectivity index (χ3v) is 4.30. The molecule has 1 saturated carbocycles. The van der Waals surface area contributed by atoms with Gasteiger partial charge in [-0.15, -0.1) is 11.3 Å². The van der Waals surface area contributed by atoms with Gasteiger partial charge in [-0.25, -0.2) is 0 Å². The van der Waals surface area contributed by atoms with Crippen molar-refractivity contribution in [3.63, 3.8) is 0 Å². The quantitative estimate of drug-likeness (QED) is 0.557. The summed E-state index contributed by atoms with van der Waals surface area (Å²) in [6, 6.07) is 0. The van der Waals surface area contributed by atoms with Crippen LogP contribution in [0.15, 0.2) is 10.5 Å². The fourth-order valence-electron chi connectivity index (χ4n) is 2.22. The van der Waals surface area contributed by atoms with Gasteiger partial charge in [0, 0.05) is 11.3 Å². The SMILES string of the molecule is ON=C1CCc2scc(C3CC3)c2C1. The van der Waals surface area contributed by atoms with Crippen molar-refractivity contribution < 1.29 is 5.21 Å². The number of oxime groups is 1. The molecule has 74 valence electrons. The highest BCUT2D eigenvalue weighted by Gasteiger charge is 2.30. The molecule has 1 heterocycles. The fourth-order valence-corrected chi connectivity index (χ4v) is 3.38. The third kappa shape index (κ3) is 1.27. The highest BCUT2D eigenvalue weighted by molar-refractivity contribution is 7.10. The molecule has 0 bridgehead atoms. The number of hydrogen-bond donors (Lipinski definition) is 1. The molecule has 0 spiro atoms. The molecule has 0 saturated heterocycles. The van der Waals surface area contributed by atoms with E-state index in [1.807, 2.05) is 11.3 Å². The van der Waals surface area contributed by atoms with E-state index in [2.05, 4.69) is 10.5 Å². The lowest BCUT2D eigenvalue weighted by Gasteiger charge is -2.13. The highest BCUT2D eigenvalue weighted by atomic mass is 32.1. The number of rotatable bonds is 1. The summed E-state index contributed by atoms with van der Waals surface area (Å²) in [7, 11) is 0. The summed E-state index contributed by atoms with van der Waals surface area (Å²) in [5.74, 6) is 0.827. The second-order valence-electron chi connectivity index (χ2n) is 4.21. The molecule has 1 aromatic heterocycles. The summed E-state index contributed by atoms with van der Waals surface area (Å²) in [5, 5.41) is 14.5. The Morgan fingerprint density at radius 3 is 2.93 bits per heavy atom. The van der Waals surface area contributed by atoms with Gasteiger partial charge in [-0.05, 0) is 48.1 Å². The molecule has 0 atom stereocenters. The van der Waals surface area contributed by atoms with Crippen molar-refractivity contribution in [2.75, 3.05) is 0 Å². The number of hydrogen-bond acceptors (Lipinski definition) is 3. The van der Waals surface area contributed by atoms with Gasteiger partial charge in [-0.2, -0.15) is 0 Å². The van der Waals surface area contributed by atoms with Crippen LogP contribution in [-0.2, 0) is 12.8 Å². The maximum Gasteiger partial charge on any atom is 0.0618 e. The number of nitrogens with zero attached hydrogens (tertiary/aromatic N) is 1. The van der Waals surface area contributed by atoms with Crippen LogP contribution in [0.3, 0.4) is 0 Å². The Bertz CT molecular complexity index is 390. The Labute approximate surface area is 87.3 Å². The molecule has 0 radical (unpaired) electrons. The molecule has 1 aromatic rings. The summed E-state index contributed by atoms with van der Waals surface area (Å²) in [5.41, 5.74) is 3.99. The minimum Gasteiger partial charge on any atom is -0.411 e. The first-order valence-electron chi connectivity index (χ1n) is 5.17. The van der Waals surface area contributed by atoms with Crippen LogP contribution in [0.4, 0.5) is 0 Å². The Morgan fingerprint density at radius 2 is 2.21 bits per heavy atom. The maximum absolute atomic E-state index is 8.79. The van der Waals surface area contributed by atoms with E-state index in [1.54, 1.807) is 5.56 Å². The van der Waals surface area contributed by atoms with Crippen LogP contribution < -0.4 is 0 Å². The van der Waals surface area contributed by atoms with E-state index < -0.39 is 0 Å². The van der Waals surface area contributed by atoms with Crippen molar-refractivity contribution in [3.8, 4) is 0 Å². The van der Waals surface area contributed by atoms with Crippen LogP contribution in [0, 0.1) is 0 Å². The lowest BCUT2D eigenvalue weighted by Crippen LogP contribution is -2.12. The average Bonchev–Trinajstić information content (AvgIpc) is 2.98. The Hall–Kier alpha value is -0.830. The first kappa shape index (κ1) is 8.48. The van der Waals surface area contributed by atoms with Gasteiger partial charge < -0.3 is 5.21 Å². The van der Waals surface area contributed by atoms with Crippen LogP contribution in [-0.4, -0.2) is 10.9 Å². The fraction of sp³-hybridized carbons (Fsp3) is 0.545. The molecular weight excluding hydrogens is 194 g/mol. The third-order valence-electron chi connectivity index (χ3n) is 3.19. The van der Waals surface area contributed by atoms with Gasteiger partial charge in [0.05, 0.1) is 5.71 Å². The summed E-state index contributed by atoms with van der Waals surface area (Å²) in [4.78, 5) is 1.53. The molecular formula is C11H13NOS. The molecule has 1 fully saturated rings. The Balaban J connectivity index is 1.99. The van der Waals surface area contributed by atoms with Crippen molar-refractivity contribution in [3.05, 3.63) is 21.4 Å². The molecule has 14 heavy (non-hydrogen) atoms. The topological polar surface area (TPSA) is 32.6 Å². The summed E-state index contributed by atoms with van der Waals surface area (Å²) in [6.45, 7) is 0. The standard InChI is InChI=1S/C11H13NOS/c13-12-8-3-4-11-9(5-8)10(6-14-11)7-1-2-7/h6-7,13H,1-5H2. The van der Waals surface area contributed by atoms with Gasteiger partial charge in [-0.1, -0.05) is 5.16 Å². The average molecular weight is 207 g/mol. The van der Waals surface area contributed by atoms with E-state index in [0.29, 0.717) is 0 Å². The van der Waals surface area contributed by atoms with Crippen molar-refractivity contribution in [2.24, 2.45) is 5.16 Å². The molecule has 0 unspecified atom stereocenters. The van der Waals surface area contributed by atoms with Crippen molar-refractivity contribution in [1.29, 1.82) is 0 Å². The van der Waals surface area contributed by atoms with Crippen LogP contribution in [0.5, 0.6) is 0 Å². The summed E-state index contributed by atoms with van der Waals surface area (Å²) >= 11 is 1.90. The van der Waals surface area contributed by atoms with E-state index in [9.17, 15) is 0 Å². The van der Waals surface area contributed by atoms with Crippen LogP contribution in [0.25, 0.3) is 0 Å². The molecule has 0 amide bonds. The van der Waals surface area contributed by atoms with Gasteiger partial charge in [-0.3, -0.25) is 0 Å². The van der Waals surface area contributed by atoms with E-state index >= 15 is 0 Å². The highest BCUT2D eigenvalue weighted by Crippen LogP contribution is 2.45. The van der Waals surface area contributed by atoms with Gasteiger partial charge in [0.15, 0.2) is 0 Å². The minimum atomic E-state index is 0.827. The molecule has 0 aliphatic heterocycles. The smallest absolute Gasteiger partial charge is 0.0618 e. The largest absolute Gasteiger partial charge is 0.411 e. The number of aryl methyl sites for hydroxylation is 1. The normalized spacial score (nSPS) is 23.9.